The van der Waals surface area contributed by atoms with Crippen LogP contribution in [0.3, 0.4) is 0 Å². The third-order valence-electron chi connectivity index (χ3n) is 6.36. The van der Waals surface area contributed by atoms with Crippen molar-refractivity contribution in [1.82, 2.24) is 0 Å². The number of hydrogen-bond donors (Lipinski definition) is 0. The van der Waals surface area contributed by atoms with Crippen molar-refractivity contribution in [2.75, 3.05) is 6.16 Å². The summed E-state index contributed by atoms with van der Waals surface area (Å²) >= 11 is 0. The van der Waals surface area contributed by atoms with Crippen LogP contribution in [0.4, 0.5) is 0 Å². The molecule has 1 fully saturated rings. The van der Waals surface area contributed by atoms with Gasteiger partial charge in [-0.15, -0.1) is 9.24 Å². The van der Waals surface area contributed by atoms with Crippen LogP contribution in [0.25, 0.3) is 0 Å². The first kappa shape index (κ1) is 23.2. The largest absolute Gasteiger partial charge is 0.138 e. The van der Waals surface area contributed by atoms with Gasteiger partial charge in [0.25, 0.3) is 0 Å². The first-order valence-corrected chi connectivity index (χ1v) is 12.4. The highest BCUT2D eigenvalue weighted by Gasteiger charge is 2.26. The van der Waals surface area contributed by atoms with Gasteiger partial charge in [0.15, 0.2) is 0 Å². The number of hydrogen-bond acceptors (Lipinski definition) is 0. The van der Waals surface area contributed by atoms with Crippen LogP contribution in [0.15, 0.2) is 11.6 Å². The lowest BCUT2D eigenvalue weighted by atomic mass is 9.72. The van der Waals surface area contributed by atoms with Crippen molar-refractivity contribution in [3.63, 3.8) is 0 Å². The third-order valence-corrected chi connectivity index (χ3v) is 6.77. The minimum absolute atomic E-state index is 0.858. The third kappa shape index (κ3) is 10.2. The highest BCUT2D eigenvalue weighted by atomic mass is 31.0. The summed E-state index contributed by atoms with van der Waals surface area (Å²) < 4.78 is 0. The van der Waals surface area contributed by atoms with E-state index in [2.05, 4.69) is 36.1 Å². The quantitative estimate of drug-likeness (QED) is 0.206. The highest BCUT2D eigenvalue weighted by molar-refractivity contribution is 7.16. The van der Waals surface area contributed by atoms with Crippen molar-refractivity contribution in [3.8, 4) is 0 Å². The molecule has 0 aliphatic heterocycles. The molecule has 0 nitrogen and oxygen atoms in total. The number of rotatable bonds is 10. The summed E-state index contributed by atoms with van der Waals surface area (Å²) in [5.41, 5.74) is 1.85. The minimum atomic E-state index is 0.858. The molecule has 0 amide bonds. The Bertz CT molecular complexity index is 319. The first-order chi connectivity index (χ1) is 12.2. The van der Waals surface area contributed by atoms with Gasteiger partial charge in [-0.2, -0.15) is 0 Å². The molecule has 1 heteroatoms. The van der Waals surface area contributed by atoms with Gasteiger partial charge in [-0.3, -0.25) is 0 Å². The predicted molar refractivity (Wildman–Crippen MR) is 119 cm³/mol. The summed E-state index contributed by atoms with van der Waals surface area (Å²) in [6.45, 7) is 7.44. The Morgan fingerprint density at radius 1 is 0.840 bits per heavy atom. The molecule has 0 heterocycles. The van der Waals surface area contributed by atoms with E-state index in [1.54, 1.807) is 0 Å². The van der Waals surface area contributed by atoms with Gasteiger partial charge in [-0.25, -0.2) is 0 Å². The van der Waals surface area contributed by atoms with E-state index in [0.717, 1.165) is 17.8 Å². The van der Waals surface area contributed by atoms with Crippen molar-refractivity contribution >= 4 is 9.24 Å². The van der Waals surface area contributed by atoms with Crippen LogP contribution in [0.5, 0.6) is 0 Å². The van der Waals surface area contributed by atoms with E-state index in [4.69, 9.17) is 0 Å². The van der Waals surface area contributed by atoms with E-state index in [0.29, 0.717) is 0 Å². The lowest BCUT2D eigenvalue weighted by Gasteiger charge is -2.33. The Labute approximate surface area is 162 Å². The molecule has 0 N–H and O–H groups in total. The Hall–Kier alpha value is 0.170. The summed E-state index contributed by atoms with van der Waals surface area (Å²) in [5.74, 6) is 2.62. The van der Waals surface area contributed by atoms with Crippen molar-refractivity contribution in [1.29, 1.82) is 0 Å². The Morgan fingerprint density at radius 3 is 2.04 bits per heavy atom. The SMILES string of the molecule is CCCCC=C(CCCCCCP)C1C(C)CCCCCCCC1C. The minimum Gasteiger partial charge on any atom is -0.138 e. The second-order valence-corrected chi connectivity index (χ2v) is 9.28. The molecule has 148 valence electrons. The van der Waals surface area contributed by atoms with Gasteiger partial charge in [0.05, 0.1) is 0 Å². The molecule has 0 saturated heterocycles. The fourth-order valence-corrected chi connectivity index (χ4v) is 5.13. The van der Waals surface area contributed by atoms with Crippen molar-refractivity contribution in [2.24, 2.45) is 17.8 Å². The van der Waals surface area contributed by atoms with Gasteiger partial charge in [0.1, 0.15) is 0 Å². The van der Waals surface area contributed by atoms with Crippen molar-refractivity contribution in [2.45, 2.75) is 117 Å². The predicted octanol–water partition coefficient (Wildman–Crippen LogP) is 8.56. The van der Waals surface area contributed by atoms with Crippen LogP contribution in [0.2, 0.25) is 0 Å². The molecule has 1 aliphatic carbocycles. The fraction of sp³-hybridized carbons (Fsp3) is 0.917. The highest BCUT2D eigenvalue weighted by Crippen LogP contribution is 2.38. The molecule has 1 rings (SSSR count). The Balaban J connectivity index is 2.74. The summed E-state index contributed by atoms with van der Waals surface area (Å²) in [6, 6.07) is 0. The zero-order valence-corrected chi connectivity index (χ0v) is 18.9. The average Bonchev–Trinajstić information content (AvgIpc) is 2.60. The second-order valence-electron chi connectivity index (χ2n) is 8.70. The molecule has 0 bridgehead atoms. The molecule has 1 saturated carbocycles. The van der Waals surface area contributed by atoms with Crippen LogP contribution in [0, 0.1) is 17.8 Å². The standard InChI is InChI=1S/C24H47P/c1-4-5-11-18-23(19-14-9-10-15-20-25)24-21(2)16-12-7-6-8-13-17-22(24)3/h18,21-22,24H,4-17,19-20,25H2,1-3H3. The summed E-state index contributed by atoms with van der Waals surface area (Å²) in [6.07, 6.45) is 25.2. The summed E-state index contributed by atoms with van der Waals surface area (Å²) in [7, 11) is 2.87. The van der Waals surface area contributed by atoms with Crippen LogP contribution in [-0.4, -0.2) is 6.16 Å². The molecule has 0 spiro atoms. The lowest BCUT2D eigenvalue weighted by molar-refractivity contribution is 0.247. The second kappa shape index (κ2) is 15.2. The topological polar surface area (TPSA) is 0 Å². The van der Waals surface area contributed by atoms with Crippen LogP contribution in [-0.2, 0) is 0 Å². The first-order valence-electron chi connectivity index (χ1n) is 11.6. The lowest BCUT2D eigenvalue weighted by Crippen LogP contribution is -2.23. The maximum atomic E-state index is 2.87. The van der Waals surface area contributed by atoms with E-state index < -0.39 is 0 Å². The molecule has 3 atom stereocenters. The molecule has 25 heavy (non-hydrogen) atoms. The Kier molecular flexibility index (Phi) is 14.2. The van der Waals surface area contributed by atoms with Crippen LogP contribution < -0.4 is 0 Å². The number of unbranched alkanes of at least 4 members (excludes halogenated alkanes) is 5. The monoisotopic (exact) mass is 366 g/mol. The molecular weight excluding hydrogens is 319 g/mol. The maximum Gasteiger partial charge on any atom is -0.0152 e. The van der Waals surface area contributed by atoms with E-state index in [-0.39, 0.29) is 0 Å². The van der Waals surface area contributed by atoms with Gasteiger partial charge < -0.3 is 0 Å². The molecule has 1 aliphatic rings. The average molecular weight is 367 g/mol. The summed E-state index contributed by atoms with van der Waals surface area (Å²) in [5, 5.41) is 0. The van der Waals surface area contributed by atoms with Gasteiger partial charge in [0.2, 0.25) is 0 Å². The molecule has 3 unspecified atom stereocenters. The van der Waals surface area contributed by atoms with Crippen molar-refractivity contribution in [3.05, 3.63) is 11.6 Å². The Morgan fingerprint density at radius 2 is 1.44 bits per heavy atom. The molecule has 0 aromatic rings. The fourth-order valence-electron chi connectivity index (χ4n) is 4.84. The summed E-state index contributed by atoms with van der Waals surface area (Å²) in [4.78, 5) is 0. The van der Waals surface area contributed by atoms with E-state index >= 15 is 0 Å². The maximum absolute atomic E-state index is 2.87. The molecular formula is C24H47P. The zero-order chi connectivity index (χ0) is 18.3. The zero-order valence-electron chi connectivity index (χ0n) is 17.7. The van der Waals surface area contributed by atoms with E-state index in [1.165, 1.54) is 102 Å². The molecule has 0 aromatic heterocycles. The van der Waals surface area contributed by atoms with Gasteiger partial charge >= 0.3 is 0 Å². The van der Waals surface area contributed by atoms with E-state index in [1.807, 2.05) is 5.57 Å². The smallest absolute Gasteiger partial charge is 0.0152 e. The van der Waals surface area contributed by atoms with Crippen molar-refractivity contribution < 1.29 is 0 Å². The normalized spacial score (nSPS) is 26.6. The van der Waals surface area contributed by atoms with Crippen LogP contribution in [0.1, 0.15) is 117 Å². The number of allylic oxidation sites excluding steroid dienone is 2. The van der Waals surface area contributed by atoms with Gasteiger partial charge in [-0.1, -0.05) is 103 Å². The van der Waals surface area contributed by atoms with Gasteiger partial charge in [0, 0.05) is 0 Å². The molecule has 0 radical (unpaired) electrons. The van der Waals surface area contributed by atoms with Crippen LogP contribution >= 0.6 is 9.24 Å². The van der Waals surface area contributed by atoms with Gasteiger partial charge in [-0.05, 0) is 49.6 Å². The molecule has 0 aromatic carbocycles. The van der Waals surface area contributed by atoms with E-state index in [9.17, 15) is 0 Å².